The number of carbonyl (C=O) groups excluding carboxylic acids is 1. The van der Waals surface area contributed by atoms with Crippen molar-refractivity contribution in [2.45, 2.75) is 0 Å². The van der Waals surface area contributed by atoms with Crippen LogP contribution in [0.4, 0.5) is 0 Å². The van der Waals surface area contributed by atoms with Crippen LogP contribution in [0.1, 0.15) is 15.6 Å². The van der Waals surface area contributed by atoms with Gasteiger partial charge in [-0.2, -0.15) is 0 Å². The van der Waals surface area contributed by atoms with Crippen molar-refractivity contribution in [3.63, 3.8) is 0 Å². The molecule has 4 nitrogen and oxygen atoms in total. The van der Waals surface area contributed by atoms with Gasteiger partial charge in [0.25, 0.3) is 5.78 Å². The van der Waals surface area contributed by atoms with Crippen LogP contribution in [0.2, 0.25) is 0 Å². The average molecular weight is 411 g/mol. The largest absolute Gasteiger partial charge is 0.497 e. The molecule has 146 valence electrons. The quantitative estimate of drug-likeness (QED) is 0.311. The predicted molar refractivity (Wildman–Crippen MR) is 119 cm³/mol. The van der Waals surface area contributed by atoms with E-state index in [1.54, 1.807) is 25.3 Å². The molecule has 0 spiro atoms. The smallest absolute Gasteiger partial charge is 0.256 e. The summed E-state index contributed by atoms with van der Waals surface area (Å²) < 4.78 is 11.0. The molecular formula is C25H17NO3S. The zero-order valence-electron chi connectivity index (χ0n) is 16.2. The highest BCUT2D eigenvalue weighted by Gasteiger charge is 2.19. The number of furan rings is 1. The Morgan fingerprint density at radius 2 is 1.63 bits per heavy atom. The minimum Gasteiger partial charge on any atom is -0.497 e. The molecule has 5 aromatic rings. The van der Waals surface area contributed by atoms with Crippen molar-refractivity contribution < 1.29 is 13.9 Å². The minimum atomic E-state index is -0.220. The minimum absolute atomic E-state index is 0.220. The van der Waals surface area contributed by atoms with Gasteiger partial charge in [-0.25, -0.2) is 4.98 Å². The van der Waals surface area contributed by atoms with Crippen LogP contribution in [0.25, 0.3) is 33.4 Å². The van der Waals surface area contributed by atoms with Crippen LogP contribution >= 0.6 is 11.3 Å². The second kappa shape index (κ2) is 7.61. The van der Waals surface area contributed by atoms with Gasteiger partial charge in [0.2, 0.25) is 0 Å². The molecule has 2 aromatic heterocycles. The number of carbonyl (C=O) groups is 1. The first-order valence-corrected chi connectivity index (χ1v) is 10.3. The Balaban J connectivity index is 1.40. The fourth-order valence-electron chi connectivity index (χ4n) is 3.34. The van der Waals surface area contributed by atoms with Crippen LogP contribution in [0.15, 0.2) is 88.7 Å². The highest BCUT2D eigenvalue weighted by atomic mass is 32.1. The molecule has 0 saturated carbocycles. The Labute approximate surface area is 177 Å². The van der Waals surface area contributed by atoms with Gasteiger partial charge in [0, 0.05) is 16.3 Å². The van der Waals surface area contributed by atoms with Crippen LogP contribution in [0.3, 0.4) is 0 Å². The molecule has 3 aromatic carbocycles. The van der Waals surface area contributed by atoms with E-state index in [4.69, 9.17) is 9.15 Å². The van der Waals surface area contributed by atoms with Crippen LogP contribution in [0.5, 0.6) is 5.75 Å². The summed E-state index contributed by atoms with van der Waals surface area (Å²) in [5, 5.41) is 3.13. The van der Waals surface area contributed by atoms with Gasteiger partial charge in [0.1, 0.15) is 11.3 Å². The first kappa shape index (κ1) is 18.3. The van der Waals surface area contributed by atoms with Crippen molar-refractivity contribution in [2.24, 2.45) is 0 Å². The molecule has 0 N–H and O–H groups in total. The molecule has 5 rings (SSSR count). The number of methoxy groups -OCH3 is 1. The summed E-state index contributed by atoms with van der Waals surface area (Å²) in [6, 6.07) is 25.6. The van der Waals surface area contributed by atoms with Gasteiger partial charge in [-0.05, 0) is 35.4 Å². The molecule has 0 aliphatic rings. The number of hydrogen-bond donors (Lipinski definition) is 0. The normalized spacial score (nSPS) is 11.0. The van der Waals surface area contributed by atoms with Crippen molar-refractivity contribution in [2.75, 3.05) is 7.11 Å². The number of ketones is 1. The third kappa shape index (κ3) is 3.40. The molecule has 0 atom stereocenters. The molecule has 0 amide bonds. The maximum Gasteiger partial charge on any atom is 0.256 e. The lowest BCUT2D eigenvalue weighted by Gasteiger charge is -2.02. The third-order valence-corrected chi connectivity index (χ3v) is 5.77. The lowest BCUT2D eigenvalue weighted by molar-refractivity contribution is 0.101. The standard InChI is InChI=1S/C25H17NO3S/c1-28-20-11-12-22-19(13-20)14-23(29-22)24(27)25-26-21(15-30-25)18-9-7-17(8-10-18)16-5-3-2-4-6-16/h2-15H,1H3. The summed E-state index contributed by atoms with van der Waals surface area (Å²) in [5.74, 6) is 0.777. The summed E-state index contributed by atoms with van der Waals surface area (Å²) in [6.07, 6.45) is 0. The molecular weight excluding hydrogens is 394 g/mol. The highest BCUT2D eigenvalue weighted by molar-refractivity contribution is 7.12. The second-order valence-corrected chi connectivity index (χ2v) is 7.68. The molecule has 0 bridgehead atoms. The van der Waals surface area contributed by atoms with E-state index in [0.717, 1.165) is 28.0 Å². The van der Waals surface area contributed by atoms with Crippen LogP contribution < -0.4 is 4.74 Å². The Kier molecular flexibility index (Phi) is 4.65. The van der Waals surface area contributed by atoms with E-state index in [0.29, 0.717) is 10.6 Å². The number of rotatable bonds is 5. The van der Waals surface area contributed by atoms with Gasteiger partial charge in [-0.1, -0.05) is 54.6 Å². The molecule has 0 aliphatic carbocycles. The number of nitrogens with zero attached hydrogens (tertiary/aromatic N) is 1. The van der Waals surface area contributed by atoms with E-state index in [1.807, 2.05) is 41.8 Å². The Bertz CT molecular complexity index is 1330. The topological polar surface area (TPSA) is 52.3 Å². The number of fused-ring (bicyclic) bond motifs is 1. The third-order valence-electron chi connectivity index (χ3n) is 4.93. The number of aromatic nitrogens is 1. The van der Waals surface area contributed by atoms with Gasteiger partial charge in [-0.15, -0.1) is 11.3 Å². The maximum atomic E-state index is 12.9. The van der Waals surface area contributed by atoms with Gasteiger partial charge >= 0.3 is 0 Å². The van der Waals surface area contributed by atoms with Crippen LogP contribution in [0, 0.1) is 0 Å². The Morgan fingerprint density at radius 3 is 2.40 bits per heavy atom. The first-order valence-electron chi connectivity index (χ1n) is 9.45. The number of ether oxygens (including phenoxy) is 1. The van der Waals surface area contributed by atoms with E-state index in [-0.39, 0.29) is 11.5 Å². The molecule has 0 radical (unpaired) electrons. The maximum absolute atomic E-state index is 12.9. The van der Waals surface area contributed by atoms with Crippen LogP contribution in [-0.2, 0) is 0 Å². The molecule has 30 heavy (non-hydrogen) atoms. The molecule has 0 unspecified atom stereocenters. The van der Waals surface area contributed by atoms with Crippen molar-refractivity contribution in [3.05, 3.63) is 95.0 Å². The SMILES string of the molecule is COc1ccc2oc(C(=O)c3nc(-c4ccc(-c5ccccc5)cc4)cs3)cc2c1. The molecule has 2 heterocycles. The van der Waals surface area contributed by atoms with Gasteiger partial charge in [0.15, 0.2) is 10.8 Å². The van der Waals surface area contributed by atoms with Gasteiger partial charge in [0.05, 0.1) is 12.8 Å². The van der Waals surface area contributed by atoms with Crippen LogP contribution in [-0.4, -0.2) is 17.9 Å². The monoisotopic (exact) mass is 411 g/mol. The number of benzene rings is 3. The second-order valence-electron chi connectivity index (χ2n) is 6.82. The van der Waals surface area contributed by atoms with E-state index in [9.17, 15) is 4.79 Å². The number of thiazole rings is 1. The average Bonchev–Trinajstić information content (AvgIpc) is 3.46. The van der Waals surface area contributed by atoms with E-state index >= 15 is 0 Å². The molecule has 5 heteroatoms. The van der Waals surface area contributed by atoms with Gasteiger partial charge in [-0.3, -0.25) is 4.79 Å². The van der Waals surface area contributed by atoms with E-state index < -0.39 is 0 Å². The van der Waals surface area contributed by atoms with E-state index in [2.05, 4.69) is 29.2 Å². The van der Waals surface area contributed by atoms with E-state index in [1.165, 1.54) is 16.9 Å². The Hall–Kier alpha value is -3.70. The van der Waals surface area contributed by atoms with Crippen molar-refractivity contribution >= 4 is 28.1 Å². The summed E-state index contributed by atoms with van der Waals surface area (Å²) >= 11 is 1.32. The predicted octanol–water partition coefficient (Wildman–Crippen LogP) is 6.46. The zero-order valence-corrected chi connectivity index (χ0v) is 17.0. The summed E-state index contributed by atoms with van der Waals surface area (Å²) in [4.78, 5) is 17.4. The van der Waals surface area contributed by atoms with Gasteiger partial charge < -0.3 is 9.15 Å². The molecule has 0 aliphatic heterocycles. The van der Waals surface area contributed by atoms with Crippen molar-refractivity contribution in [3.8, 4) is 28.1 Å². The lowest BCUT2D eigenvalue weighted by atomic mass is 10.0. The Morgan fingerprint density at radius 1 is 0.900 bits per heavy atom. The van der Waals surface area contributed by atoms with Crippen molar-refractivity contribution in [1.29, 1.82) is 0 Å². The lowest BCUT2D eigenvalue weighted by Crippen LogP contribution is -1.98. The summed E-state index contributed by atoms with van der Waals surface area (Å²) in [6.45, 7) is 0. The fourth-order valence-corrected chi connectivity index (χ4v) is 4.11. The number of hydrogen-bond acceptors (Lipinski definition) is 5. The fraction of sp³-hybridized carbons (Fsp3) is 0.0400. The zero-order chi connectivity index (χ0) is 20.5. The summed E-state index contributed by atoms with van der Waals surface area (Å²) in [5.41, 5.74) is 4.70. The highest BCUT2D eigenvalue weighted by Crippen LogP contribution is 2.29. The first-order chi connectivity index (χ1) is 14.7. The molecule has 0 fully saturated rings. The summed E-state index contributed by atoms with van der Waals surface area (Å²) in [7, 11) is 1.61. The van der Waals surface area contributed by atoms with Crippen molar-refractivity contribution in [1.82, 2.24) is 4.98 Å². The molecule has 0 saturated heterocycles.